The number of anilines is 2. The average molecular weight is 424 g/mol. The van der Waals surface area contributed by atoms with Gasteiger partial charge in [-0.25, -0.2) is 0 Å². The lowest BCUT2D eigenvalue weighted by molar-refractivity contribution is -0.114. The summed E-state index contributed by atoms with van der Waals surface area (Å²) in [7, 11) is 0. The van der Waals surface area contributed by atoms with Crippen molar-refractivity contribution in [3.8, 4) is 5.75 Å². The van der Waals surface area contributed by atoms with Crippen molar-refractivity contribution in [2.24, 2.45) is 0 Å². The summed E-state index contributed by atoms with van der Waals surface area (Å²) in [6, 6.07) is 14.8. The maximum atomic E-state index is 12.8. The van der Waals surface area contributed by atoms with E-state index in [0.29, 0.717) is 17.9 Å². The van der Waals surface area contributed by atoms with Crippen LogP contribution in [0.15, 0.2) is 48.5 Å². The molecule has 0 bridgehead atoms. The predicted molar refractivity (Wildman–Crippen MR) is 125 cm³/mol. The monoisotopic (exact) mass is 423 g/mol. The van der Waals surface area contributed by atoms with Crippen LogP contribution in [0.2, 0.25) is 0 Å². The van der Waals surface area contributed by atoms with E-state index < -0.39 is 0 Å². The molecule has 0 unspecified atom stereocenters. The number of nitrogens with one attached hydrogen (secondary N) is 2. The first-order chi connectivity index (χ1) is 15.2. The van der Waals surface area contributed by atoms with Crippen LogP contribution < -0.4 is 15.4 Å². The number of likely N-dealkylation sites (tertiary alicyclic amines) is 1. The Kier molecular flexibility index (Phi) is 8.76. The van der Waals surface area contributed by atoms with Crippen LogP contribution >= 0.6 is 0 Å². The fraction of sp³-hybridized carbons (Fsp3) is 0.440. The molecule has 6 nitrogen and oxygen atoms in total. The van der Waals surface area contributed by atoms with Gasteiger partial charge in [0.15, 0.2) is 0 Å². The van der Waals surface area contributed by atoms with E-state index in [2.05, 4.69) is 17.6 Å². The second kappa shape index (κ2) is 12.0. The van der Waals surface area contributed by atoms with Gasteiger partial charge in [-0.05, 0) is 49.6 Å². The van der Waals surface area contributed by atoms with E-state index in [-0.39, 0.29) is 18.4 Å². The number of ether oxygens (including phenoxy) is 1. The number of hydrogen-bond acceptors (Lipinski definition) is 4. The standard InChI is InChI=1S/C25H33N3O3/c1-2-3-16-31-23-13-9-12-22(18-23)27-24(29)19-26-21-11-8-10-20(17-21)25(30)28-14-6-4-5-7-15-28/h8-13,17-18,26H,2-7,14-16,19H2,1H3,(H,27,29). The van der Waals surface area contributed by atoms with Gasteiger partial charge in [-0.3, -0.25) is 9.59 Å². The highest BCUT2D eigenvalue weighted by molar-refractivity contribution is 5.96. The molecule has 0 aromatic heterocycles. The second-order valence-corrected chi connectivity index (χ2v) is 7.92. The van der Waals surface area contributed by atoms with Crippen LogP contribution in [0.4, 0.5) is 11.4 Å². The third kappa shape index (κ3) is 7.31. The number of benzene rings is 2. The molecule has 2 aromatic rings. The lowest BCUT2D eigenvalue weighted by Gasteiger charge is -2.20. The number of rotatable bonds is 9. The Bertz CT molecular complexity index is 861. The highest BCUT2D eigenvalue weighted by Gasteiger charge is 2.17. The largest absolute Gasteiger partial charge is 0.494 e. The van der Waals surface area contributed by atoms with Crippen LogP contribution in [0.5, 0.6) is 5.75 Å². The van der Waals surface area contributed by atoms with Gasteiger partial charge >= 0.3 is 0 Å². The Morgan fingerprint density at radius 2 is 1.71 bits per heavy atom. The Morgan fingerprint density at radius 1 is 0.968 bits per heavy atom. The number of nitrogens with zero attached hydrogens (tertiary/aromatic N) is 1. The van der Waals surface area contributed by atoms with E-state index in [9.17, 15) is 9.59 Å². The molecule has 166 valence electrons. The average Bonchev–Trinajstić information content (AvgIpc) is 3.07. The van der Waals surface area contributed by atoms with Crippen LogP contribution in [0.3, 0.4) is 0 Å². The van der Waals surface area contributed by atoms with Crippen molar-refractivity contribution in [1.29, 1.82) is 0 Å². The van der Waals surface area contributed by atoms with Gasteiger partial charge < -0.3 is 20.3 Å². The lowest BCUT2D eigenvalue weighted by Crippen LogP contribution is -2.31. The highest BCUT2D eigenvalue weighted by atomic mass is 16.5. The molecule has 31 heavy (non-hydrogen) atoms. The van der Waals surface area contributed by atoms with Crippen molar-refractivity contribution < 1.29 is 14.3 Å². The zero-order chi connectivity index (χ0) is 21.9. The highest BCUT2D eigenvalue weighted by Crippen LogP contribution is 2.19. The summed E-state index contributed by atoms with van der Waals surface area (Å²) in [6.45, 7) is 4.54. The molecule has 0 atom stereocenters. The maximum Gasteiger partial charge on any atom is 0.253 e. The fourth-order valence-corrected chi connectivity index (χ4v) is 3.60. The van der Waals surface area contributed by atoms with Gasteiger partial charge in [0.25, 0.3) is 5.91 Å². The third-order valence-electron chi connectivity index (χ3n) is 5.34. The normalized spacial score (nSPS) is 13.9. The van der Waals surface area contributed by atoms with E-state index in [1.807, 2.05) is 53.4 Å². The Morgan fingerprint density at radius 3 is 2.48 bits per heavy atom. The minimum atomic E-state index is -0.157. The first-order valence-corrected chi connectivity index (χ1v) is 11.3. The first kappa shape index (κ1) is 22.7. The van der Waals surface area contributed by atoms with Gasteiger partial charge in [-0.15, -0.1) is 0 Å². The summed E-state index contributed by atoms with van der Waals surface area (Å²) >= 11 is 0. The van der Waals surface area contributed by atoms with Crippen LogP contribution in [0, 0.1) is 0 Å². The zero-order valence-electron chi connectivity index (χ0n) is 18.4. The predicted octanol–water partition coefficient (Wildman–Crippen LogP) is 4.93. The SMILES string of the molecule is CCCCOc1cccc(NC(=O)CNc2cccc(C(=O)N3CCCCCC3)c2)c1. The van der Waals surface area contributed by atoms with Crippen molar-refractivity contribution in [2.45, 2.75) is 45.4 Å². The Hall–Kier alpha value is -3.02. The zero-order valence-corrected chi connectivity index (χ0v) is 18.4. The molecule has 1 heterocycles. The molecule has 0 spiro atoms. The van der Waals surface area contributed by atoms with Crippen LogP contribution in [0.1, 0.15) is 55.8 Å². The van der Waals surface area contributed by atoms with Gasteiger partial charge in [0.1, 0.15) is 5.75 Å². The molecule has 2 N–H and O–H groups in total. The molecular formula is C25H33N3O3. The van der Waals surface area contributed by atoms with E-state index in [1.165, 1.54) is 12.8 Å². The van der Waals surface area contributed by atoms with E-state index in [1.54, 1.807) is 0 Å². The van der Waals surface area contributed by atoms with Gasteiger partial charge in [0.2, 0.25) is 5.91 Å². The number of amides is 2. The summed E-state index contributed by atoms with van der Waals surface area (Å²) in [5.74, 6) is 0.656. The maximum absolute atomic E-state index is 12.8. The Labute approximate surface area is 185 Å². The lowest BCUT2D eigenvalue weighted by atomic mass is 10.1. The van der Waals surface area contributed by atoms with Crippen LogP contribution in [-0.4, -0.2) is 43.0 Å². The smallest absolute Gasteiger partial charge is 0.253 e. The molecule has 1 saturated heterocycles. The molecule has 0 aliphatic carbocycles. The molecule has 0 saturated carbocycles. The molecule has 1 fully saturated rings. The quantitative estimate of drug-likeness (QED) is 0.561. The van der Waals surface area contributed by atoms with Gasteiger partial charge in [0.05, 0.1) is 13.2 Å². The summed E-state index contributed by atoms with van der Waals surface area (Å²) in [6.07, 6.45) is 6.58. The summed E-state index contributed by atoms with van der Waals surface area (Å²) in [5, 5.41) is 6.00. The topological polar surface area (TPSA) is 70.7 Å². The summed E-state index contributed by atoms with van der Waals surface area (Å²) < 4.78 is 5.69. The van der Waals surface area contributed by atoms with Crippen molar-refractivity contribution in [3.05, 3.63) is 54.1 Å². The second-order valence-electron chi connectivity index (χ2n) is 7.92. The number of carbonyl (C=O) groups excluding carboxylic acids is 2. The molecule has 6 heteroatoms. The minimum Gasteiger partial charge on any atom is -0.494 e. The molecular weight excluding hydrogens is 390 g/mol. The summed E-state index contributed by atoms with van der Waals surface area (Å²) in [4.78, 5) is 27.1. The van der Waals surface area contributed by atoms with Crippen molar-refractivity contribution in [2.75, 3.05) is 36.9 Å². The van der Waals surface area contributed by atoms with E-state index >= 15 is 0 Å². The molecule has 1 aliphatic rings. The van der Waals surface area contributed by atoms with Crippen molar-refractivity contribution in [3.63, 3.8) is 0 Å². The first-order valence-electron chi connectivity index (χ1n) is 11.3. The number of carbonyl (C=O) groups is 2. The summed E-state index contributed by atoms with van der Waals surface area (Å²) in [5.41, 5.74) is 2.11. The minimum absolute atomic E-state index is 0.0647. The van der Waals surface area contributed by atoms with Crippen LogP contribution in [-0.2, 0) is 4.79 Å². The number of unbranched alkanes of at least 4 members (excludes halogenated alkanes) is 1. The molecule has 0 radical (unpaired) electrons. The van der Waals surface area contributed by atoms with Gasteiger partial charge in [-0.2, -0.15) is 0 Å². The molecule has 2 aromatic carbocycles. The molecule has 1 aliphatic heterocycles. The molecule has 3 rings (SSSR count). The molecule has 2 amide bonds. The van der Waals surface area contributed by atoms with E-state index in [4.69, 9.17) is 4.74 Å². The number of hydrogen-bond donors (Lipinski definition) is 2. The van der Waals surface area contributed by atoms with Crippen molar-refractivity contribution >= 4 is 23.2 Å². The van der Waals surface area contributed by atoms with Gasteiger partial charge in [0, 0.05) is 36.1 Å². The third-order valence-corrected chi connectivity index (χ3v) is 5.34. The Balaban J connectivity index is 1.52. The fourth-order valence-electron chi connectivity index (χ4n) is 3.60. The van der Waals surface area contributed by atoms with Crippen molar-refractivity contribution in [1.82, 2.24) is 4.90 Å². The van der Waals surface area contributed by atoms with Crippen LogP contribution in [0.25, 0.3) is 0 Å². The van der Waals surface area contributed by atoms with Gasteiger partial charge in [-0.1, -0.05) is 38.3 Å². The van der Waals surface area contributed by atoms with E-state index in [0.717, 1.165) is 50.2 Å².